The van der Waals surface area contributed by atoms with Crippen LogP contribution in [-0.2, 0) is 17.1 Å². The van der Waals surface area contributed by atoms with E-state index in [1.807, 2.05) is 34.9 Å². The first kappa shape index (κ1) is 16.6. The third-order valence-corrected chi connectivity index (χ3v) is 4.88. The molecule has 0 atom stereocenters. The van der Waals surface area contributed by atoms with Crippen LogP contribution in [0.2, 0.25) is 0 Å². The second-order valence-electron chi connectivity index (χ2n) is 5.57. The molecule has 9 heteroatoms. The van der Waals surface area contributed by atoms with Crippen molar-refractivity contribution in [3.63, 3.8) is 0 Å². The van der Waals surface area contributed by atoms with Crippen molar-refractivity contribution in [2.75, 3.05) is 6.79 Å². The normalized spacial score (nSPS) is 13.1. The zero-order chi connectivity index (χ0) is 17.9. The number of thioether (sulfide) groups is 1. The lowest BCUT2D eigenvalue weighted by atomic mass is 10.1. The molecule has 2 heterocycles. The molecule has 0 bridgehead atoms. The van der Waals surface area contributed by atoms with Crippen LogP contribution in [-0.4, -0.2) is 26.5 Å². The minimum atomic E-state index is -0.407. The fourth-order valence-electron chi connectivity index (χ4n) is 2.72. The van der Waals surface area contributed by atoms with Crippen LogP contribution >= 0.6 is 11.8 Å². The van der Waals surface area contributed by atoms with Gasteiger partial charge in [-0.3, -0.25) is 14.7 Å². The summed E-state index contributed by atoms with van der Waals surface area (Å²) in [5, 5.41) is 20.0. The van der Waals surface area contributed by atoms with Crippen LogP contribution in [0.4, 0.5) is 5.69 Å². The average Bonchev–Trinajstić information content (AvgIpc) is 3.15. The number of aromatic nitrogens is 3. The Morgan fingerprint density at radius 2 is 2.12 bits per heavy atom. The molecule has 0 unspecified atom stereocenters. The van der Waals surface area contributed by atoms with E-state index in [4.69, 9.17) is 9.47 Å². The first-order chi connectivity index (χ1) is 12.7. The van der Waals surface area contributed by atoms with Gasteiger partial charge in [0.2, 0.25) is 0 Å². The highest BCUT2D eigenvalue weighted by molar-refractivity contribution is 7.98. The molecule has 132 valence electrons. The summed E-state index contributed by atoms with van der Waals surface area (Å²) in [6.45, 7) is 0.442. The molecule has 0 amide bonds. The average molecular weight is 370 g/mol. The Balaban J connectivity index is 1.62. The van der Waals surface area contributed by atoms with E-state index in [9.17, 15) is 10.1 Å². The van der Waals surface area contributed by atoms with E-state index in [2.05, 4.69) is 10.2 Å². The number of non-ortho nitro benzene ring substituents is 1. The quantitative estimate of drug-likeness (QED) is 0.386. The highest BCUT2D eigenvalue weighted by Crippen LogP contribution is 2.36. The molecule has 0 spiro atoms. The Kier molecular flexibility index (Phi) is 4.55. The van der Waals surface area contributed by atoms with E-state index in [1.54, 1.807) is 12.4 Å². The van der Waals surface area contributed by atoms with Gasteiger partial charge in [-0.25, -0.2) is 0 Å². The standard InChI is InChI=1S/C17H14N4O4S/c22-21(23)15-6-12-8-24-11-25-16(12)13(7-15)9-26-17-19-18-10-20(17)14-4-2-1-3-5-14/h1-7,10H,8-9,11H2. The van der Waals surface area contributed by atoms with Gasteiger partial charge in [0.15, 0.2) is 11.9 Å². The zero-order valence-electron chi connectivity index (χ0n) is 13.6. The lowest BCUT2D eigenvalue weighted by Crippen LogP contribution is -2.13. The van der Waals surface area contributed by atoms with Crippen molar-refractivity contribution in [1.29, 1.82) is 0 Å². The summed E-state index contributed by atoms with van der Waals surface area (Å²) in [4.78, 5) is 10.8. The van der Waals surface area contributed by atoms with Crippen molar-refractivity contribution >= 4 is 17.4 Å². The molecular formula is C17H14N4O4S. The third-order valence-electron chi connectivity index (χ3n) is 3.89. The van der Waals surface area contributed by atoms with E-state index in [-0.39, 0.29) is 12.5 Å². The van der Waals surface area contributed by atoms with Gasteiger partial charge in [0.1, 0.15) is 12.1 Å². The van der Waals surface area contributed by atoms with Crippen LogP contribution in [0.25, 0.3) is 5.69 Å². The molecule has 0 fully saturated rings. The number of nitrogens with zero attached hydrogens (tertiary/aromatic N) is 4. The Labute approximate surface area is 152 Å². The van der Waals surface area contributed by atoms with E-state index in [1.165, 1.54) is 17.8 Å². The van der Waals surface area contributed by atoms with Gasteiger partial charge in [-0.15, -0.1) is 10.2 Å². The van der Waals surface area contributed by atoms with Crippen molar-refractivity contribution in [2.24, 2.45) is 0 Å². The number of benzene rings is 2. The maximum atomic E-state index is 11.2. The fraction of sp³-hybridized carbons (Fsp3) is 0.176. The van der Waals surface area contributed by atoms with Gasteiger partial charge in [0, 0.05) is 34.7 Å². The molecule has 0 saturated carbocycles. The van der Waals surface area contributed by atoms with Gasteiger partial charge in [-0.05, 0) is 12.1 Å². The largest absolute Gasteiger partial charge is 0.467 e. The molecule has 3 aromatic rings. The van der Waals surface area contributed by atoms with E-state index < -0.39 is 4.92 Å². The molecule has 1 aliphatic heterocycles. The van der Waals surface area contributed by atoms with E-state index >= 15 is 0 Å². The number of nitro groups is 1. The smallest absolute Gasteiger partial charge is 0.270 e. The molecule has 1 aliphatic rings. The molecule has 26 heavy (non-hydrogen) atoms. The molecule has 8 nitrogen and oxygen atoms in total. The Bertz CT molecular complexity index is 945. The molecule has 4 rings (SSSR count). The summed E-state index contributed by atoms with van der Waals surface area (Å²) in [7, 11) is 0. The van der Waals surface area contributed by atoms with Crippen LogP contribution in [0.3, 0.4) is 0 Å². The minimum absolute atomic E-state index is 0.0259. The van der Waals surface area contributed by atoms with Crippen LogP contribution in [0.15, 0.2) is 53.9 Å². The highest BCUT2D eigenvalue weighted by Gasteiger charge is 2.21. The number of ether oxygens (including phenoxy) is 2. The summed E-state index contributed by atoms with van der Waals surface area (Å²) >= 11 is 1.44. The molecule has 0 radical (unpaired) electrons. The van der Waals surface area contributed by atoms with Gasteiger partial charge in [-0.1, -0.05) is 30.0 Å². The Morgan fingerprint density at radius 1 is 1.27 bits per heavy atom. The SMILES string of the molecule is O=[N+]([O-])c1cc2c(c(CSc3nncn3-c3ccccc3)c1)OCOC2. The fourth-order valence-corrected chi connectivity index (χ4v) is 3.62. The predicted molar refractivity (Wildman–Crippen MR) is 94.3 cm³/mol. The number of hydrogen-bond donors (Lipinski definition) is 0. The first-order valence-corrected chi connectivity index (χ1v) is 8.80. The monoisotopic (exact) mass is 370 g/mol. The topological polar surface area (TPSA) is 92.3 Å². The van der Waals surface area contributed by atoms with Crippen molar-refractivity contribution in [3.8, 4) is 11.4 Å². The minimum Gasteiger partial charge on any atom is -0.467 e. The molecule has 0 N–H and O–H groups in total. The van der Waals surface area contributed by atoms with Crippen LogP contribution in [0.5, 0.6) is 5.75 Å². The maximum Gasteiger partial charge on any atom is 0.270 e. The Morgan fingerprint density at radius 3 is 2.92 bits per heavy atom. The summed E-state index contributed by atoms with van der Waals surface area (Å²) in [5.41, 5.74) is 2.40. The maximum absolute atomic E-state index is 11.2. The van der Waals surface area contributed by atoms with Gasteiger partial charge in [-0.2, -0.15) is 0 Å². The van der Waals surface area contributed by atoms with Crippen LogP contribution < -0.4 is 4.74 Å². The number of fused-ring (bicyclic) bond motifs is 1. The molecule has 0 saturated heterocycles. The van der Waals surface area contributed by atoms with Gasteiger partial charge < -0.3 is 9.47 Å². The number of hydrogen-bond acceptors (Lipinski definition) is 7. The zero-order valence-corrected chi connectivity index (χ0v) is 14.4. The van der Waals surface area contributed by atoms with Crippen molar-refractivity contribution in [2.45, 2.75) is 17.5 Å². The molecule has 0 aliphatic carbocycles. The van der Waals surface area contributed by atoms with Crippen molar-refractivity contribution < 1.29 is 14.4 Å². The van der Waals surface area contributed by atoms with Crippen LogP contribution in [0, 0.1) is 10.1 Å². The summed E-state index contributed by atoms with van der Waals surface area (Å²) in [6, 6.07) is 12.8. The lowest BCUT2D eigenvalue weighted by molar-refractivity contribution is -0.385. The predicted octanol–water partition coefficient (Wildman–Crippen LogP) is 3.33. The first-order valence-electron chi connectivity index (χ1n) is 7.81. The number of nitro benzene ring substituents is 1. The molecule has 2 aromatic carbocycles. The van der Waals surface area contributed by atoms with E-state index in [0.29, 0.717) is 28.8 Å². The summed E-state index contributed by atoms with van der Waals surface area (Å²) in [6.07, 6.45) is 1.64. The second-order valence-corrected chi connectivity index (χ2v) is 6.51. The van der Waals surface area contributed by atoms with Crippen molar-refractivity contribution in [3.05, 3.63) is 70.0 Å². The van der Waals surface area contributed by atoms with Crippen molar-refractivity contribution in [1.82, 2.24) is 14.8 Å². The van der Waals surface area contributed by atoms with Gasteiger partial charge in [0.25, 0.3) is 5.69 Å². The van der Waals surface area contributed by atoms with E-state index in [0.717, 1.165) is 11.3 Å². The lowest BCUT2D eigenvalue weighted by Gasteiger charge is -2.20. The number of rotatable bonds is 5. The molecular weight excluding hydrogens is 356 g/mol. The Hall–Kier alpha value is -2.91. The van der Waals surface area contributed by atoms with Gasteiger partial charge >= 0.3 is 0 Å². The summed E-state index contributed by atoms with van der Waals surface area (Å²) < 4.78 is 12.7. The second kappa shape index (κ2) is 7.14. The number of para-hydroxylation sites is 1. The molecule has 1 aromatic heterocycles. The van der Waals surface area contributed by atoms with Crippen LogP contribution in [0.1, 0.15) is 11.1 Å². The third kappa shape index (κ3) is 3.26. The summed E-state index contributed by atoms with van der Waals surface area (Å²) in [5.74, 6) is 1.12. The highest BCUT2D eigenvalue weighted by atomic mass is 32.2. The van der Waals surface area contributed by atoms with Gasteiger partial charge in [0.05, 0.1) is 11.5 Å².